The molecule has 88 valence electrons. The number of hydrogen-bond donors (Lipinski definition) is 0. The van der Waals surface area contributed by atoms with Crippen LogP contribution in [0.2, 0.25) is 0 Å². The number of rotatable bonds is 2. The Bertz CT molecular complexity index is 642. The van der Waals surface area contributed by atoms with E-state index in [1.807, 2.05) is 17.6 Å². The van der Waals surface area contributed by atoms with Gasteiger partial charge >= 0.3 is 0 Å². The normalized spacial score (nSPS) is 10.5. The average Bonchev–Trinajstić information content (AvgIpc) is 2.93. The van der Waals surface area contributed by atoms with Gasteiger partial charge in [0.2, 0.25) is 0 Å². The van der Waals surface area contributed by atoms with Crippen LogP contribution in [0.25, 0.3) is 21.7 Å². The van der Waals surface area contributed by atoms with E-state index < -0.39 is 0 Å². The minimum Gasteiger partial charge on any atom is -0.245 e. The number of nitrogens with zero attached hydrogens (tertiary/aromatic N) is 1. The molecule has 0 fully saturated rings. The van der Waals surface area contributed by atoms with Gasteiger partial charge in [0, 0.05) is 17.1 Å². The van der Waals surface area contributed by atoms with E-state index in [0.717, 1.165) is 5.01 Å². The summed E-state index contributed by atoms with van der Waals surface area (Å²) in [6.45, 7) is 2.14. The molecule has 0 radical (unpaired) electrons. The molecule has 0 amide bonds. The van der Waals surface area contributed by atoms with Crippen LogP contribution < -0.4 is 0 Å². The standard InChI is InChI=1S/C16H13NS/c1-12-11-14(13-5-3-2-4-6-13)7-8-15(12)16-17-9-10-18-16/h2-11H,1H3. The van der Waals surface area contributed by atoms with Crippen molar-refractivity contribution in [3.63, 3.8) is 0 Å². The molecule has 2 heteroatoms. The van der Waals surface area contributed by atoms with E-state index in [9.17, 15) is 0 Å². The van der Waals surface area contributed by atoms with Crippen molar-refractivity contribution in [1.29, 1.82) is 0 Å². The predicted octanol–water partition coefficient (Wildman–Crippen LogP) is 4.79. The number of benzene rings is 2. The molecule has 0 atom stereocenters. The van der Waals surface area contributed by atoms with Crippen LogP contribution in [0.1, 0.15) is 5.56 Å². The van der Waals surface area contributed by atoms with E-state index in [4.69, 9.17) is 0 Å². The Balaban J connectivity index is 2.05. The topological polar surface area (TPSA) is 12.9 Å². The Labute approximate surface area is 111 Å². The van der Waals surface area contributed by atoms with Crippen molar-refractivity contribution in [2.24, 2.45) is 0 Å². The molecule has 0 saturated carbocycles. The molecule has 3 rings (SSSR count). The number of thiazole rings is 1. The minimum absolute atomic E-state index is 1.09. The van der Waals surface area contributed by atoms with E-state index >= 15 is 0 Å². The van der Waals surface area contributed by atoms with E-state index in [0.29, 0.717) is 0 Å². The summed E-state index contributed by atoms with van der Waals surface area (Å²) in [6, 6.07) is 17.0. The summed E-state index contributed by atoms with van der Waals surface area (Å²) in [5.74, 6) is 0. The summed E-state index contributed by atoms with van der Waals surface area (Å²) in [7, 11) is 0. The molecule has 0 aliphatic carbocycles. The highest BCUT2D eigenvalue weighted by atomic mass is 32.1. The first-order valence-electron chi connectivity index (χ1n) is 5.90. The molecule has 0 unspecified atom stereocenters. The zero-order chi connectivity index (χ0) is 12.4. The first-order chi connectivity index (χ1) is 8.84. The van der Waals surface area contributed by atoms with Gasteiger partial charge in [-0.25, -0.2) is 4.98 Å². The van der Waals surface area contributed by atoms with Crippen molar-refractivity contribution in [2.45, 2.75) is 6.92 Å². The lowest BCUT2D eigenvalue weighted by molar-refractivity contribution is 1.38. The molecule has 1 aromatic heterocycles. The van der Waals surface area contributed by atoms with Gasteiger partial charge in [0.15, 0.2) is 0 Å². The lowest BCUT2D eigenvalue weighted by atomic mass is 10.0. The fraction of sp³-hybridized carbons (Fsp3) is 0.0625. The Hall–Kier alpha value is -1.93. The molecular weight excluding hydrogens is 238 g/mol. The van der Waals surface area contributed by atoms with Crippen LogP contribution in [0.3, 0.4) is 0 Å². The van der Waals surface area contributed by atoms with Crippen LogP contribution in [0.4, 0.5) is 0 Å². The van der Waals surface area contributed by atoms with Gasteiger partial charge in [-0.3, -0.25) is 0 Å². The van der Waals surface area contributed by atoms with Gasteiger partial charge in [-0.15, -0.1) is 11.3 Å². The zero-order valence-corrected chi connectivity index (χ0v) is 10.9. The van der Waals surface area contributed by atoms with E-state index in [1.165, 1.54) is 22.3 Å². The molecule has 1 nitrogen and oxygen atoms in total. The number of aromatic nitrogens is 1. The van der Waals surface area contributed by atoms with Crippen LogP contribution in [-0.2, 0) is 0 Å². The molecular formula is C16H13NS. The maximum absolute atomic E-state index is 4.37. The fourth-order valence-electron chi connectivity index (χ4n) is 2.07. The smallest absolute Gasteiger partial charge is 0.123 e. The van der Waals surface area contributed by atoms with Gasteiger partial charge in [-0.05, 0) is 23.6 Å². The van der Waals surface area contributed by atoms with E-state index in [1.54, 1.807) is 11.3 Å². The van der Waals surface area contributed by atoms with E-state index in [2.05, 4.69) is 54.4 Å². The Morgan fingerprint density at radius 3 is 2.44 bits per heavy atom. The van der Waals surface area contributed by atoms with Crippen molar-refractivity contribution in [1.82, 2.24) is 4.98 Å². The van der Waals surface area contributed by atoms with Gasteiger partial charge in [-0.1, -0.05) is 48.5 Å². The Kier molecular flexibility index (Phi) is 2.95. The van der Waals surface area contributed by atoms with Crippen molar-refractivity contribution in [2.75, 3.05) is 0 Å². The average molecular weight is 251 g/mol. The minimum atomic E-state index is 1.09. The Morgan fingerprint density at radius 2 is 1.78 bits per heavy atom. The molecule has 0 aliphatic rings. The second-order valence-electron chi connectivity index (χ2n) is 4.23. The number of aryl methyl sites for hydroxylation is 1. The van der Waals surface area contributed by atoms with Gasteiger partial charge < -0.3 is 0 Å². The number of hydrogen-bond acceptors (Lipinski definition) is 2. The predicted molar refractivity (Wildman–Crippen MR) is 77.7 cm³/mol. The molecule has 0 aliphatic heterocycles. The van der Waals surface area contributed by atoms with Crippen molar-refractivity contribution in [3.8, 4) is 21.7 Å². The quantitative estimate of drug-likeness (QED) is 0.638. The third-order valence-electron chi connectivity index (χ3n) is 3.00. The monoisotopic (exact) mass is 251 g/mol. The Morgan fingerprint density at radius 1 is 0.944 bits per heavy atom. The van der Waals surface area contributed by atoms with Gasteiger partial charge in [0.05, 0.1) is 0 Å². The highest BCUT2D eigenvalue weighted by molar-refractivity contribution is 7.13. The second kappa shape index (κ2) is 4.75. The second-order valence-corrected chi connectivity index (χ2v) is 5.13. The van der Waals surface area contributed by atoms with Crippen molar-refractivity contribution < 1.29 is 0 Å². The van der Waals surface area contributed by atoms with Crippen LogP contribution in [0, 0.1) is 6.92 Å². The van der Waals surface area contributed by atoms with Gasteiger partial charge in [0.1, 0.15) is 5.01 Å². The summed E-state index contributed by atoms with van der Waals surface area (Å²) >= 11 is 1.68. The van der Waals surface area contributed by atoms with Crippen molar-refractivity contribution in [3.05, 3.63) is 65.7 Å². The summed E-state index contributed by atoms with van der Waals surface area (Å²) in [6.07, 6.45) is 1.85. The molecule has 0 bridgehead atoms. The van der Waals surface area contributed by atoms with Crippen LogP contribution in [0.5, 0.6) is 0 Å². The summed E-state index contributed by atoms with van der Waals surface area (Å²) < 4.78 is 0. The first kappa shape index (κ1) is 11.2. The van der Waals surface area contributed by atoms with Crippen LogP contribution >= 0.6 is 11.3 Å². The summed E-state index contributed by atoms with van der Waals surface area (Å²) in [4.78, 5) is 4.37. The fourth-order valence-corrected chi connectivity index (χ4v) is 2.80. The highest BCUT2D eigenvalue weighted by Crippen LogP contribution is 2.29. The largest absolute Gasteiger partial charge is 0.245 e. The van der Waals surface area contributed by atoms with Gasteiger partial charge in [0.25, 0.3) is 0 Å². The molecule has 1 heterocycles. The first-order valence-corrected chi connectivity index (χ1v) is 6.78. The molecule has 2 aromatic carbocycles. The molecule has 0 saturated heterocycles. The van der Waals surface area contributed by atoms with E-state index in [-0.39, 0.29) is 0 Å². The lowest BCUT2D eigenvalue weighted by Gasteiger charge is -2.06. The summed E-state index contributed by atoms with van der Waals surface area (Å²) in [5.41, 5.74) is 5.01. The van der Waals surface area contributed by atoms with Crippen molar-refractivity contribution >= 4 is 11.3 Å². The maximum atomic E-state index is 4.37. The molecule has 0 spiro atoms. The van der Waals surface area contributed by atoms with Crippen LogP contribution in [0.15, 0.2) is 60.1 Å². The zero-order valence-electron chi connectivity index (χ0n) is 10.1. The van der Waals surface area contributed by atoms with Gasteiger partial charge in [-0.2, -0.15) is 0 Å². The molecule has 3 aromatic rings. The third-order valence-corrected chi connectivity index (χ3v) is 3.80. The SMILES string of the molecule is Cc1cc(-c2ccccc2)ccc1-c1nccs1. The van der Waals surface area contributed by atoms with Crippen LogP contribution in [-0.4, -0.2) is 4.98 Å². The molecule has 18 heavy (non-hydrogen) atoms. The highest BCUT2D eigenvalue weighted by Gasteiger charge is 2.05. The maximum Gasteiger partial charge on any atom is 0.123 e. The lowest BCUT2D eigenvalue weighted by Crippen LogP contribution is -1.84. The molecule has 0 N–H and O–H groups in total. The third kappa shape index (κ3) is 2.07. The summed E-state index contributed by atoms with van der Waals surface area (Å²) in [5, 5.41) is 3.10.